The average molecular weight is 415 g/mol. The smallest absolute Gasteiger partial charge is 0.422 e. The molecule has 2 N–H and O–H groups in total. The highest BCUT2D eigenvalue weighted by Crippen LogP contribution is 2.17. The van der Waals surface area contributed by atoms with Crippen LogP contribution in [0.2, 0.25) is 0 Å². The molecule has 6 nitrogen and oxygen atoms in total. The Morgan fingerprint density at radius 2 is 2.04 bits per heavy atom. The van der Waals surface area contributed by atoms with Crippen molar-refractivity contribution in [1.29, 1.82) is 0 Å². The van der Waals surface area contributed by atoms with Gasteiger partial charge in [-0.3, -0.25) is 0 Å². The van der Waals surface area contributed by atoms with Gasteiger partial charge >= 0.3 is 6.18 Å². The lowest BCUT2D eigenvalue weighted by Gasteiger charge is -2.11. The number of halogens is 3. The minimum atomic E-state index is -4.38. The second-order valence-corrected chi connectivity index (χ2v) is 7.32. The first-order valence-electron chi connectivity index (χ1n) is 8.86. The van der Waals surface area contributed by atoms with Crippen LogP contribution in [0.3, 0.4) is 0 Å². The van der Waals surface area contributed by atoms with Crippen molar-refractivity contribution >= 4 is 17.3 Å². The Morgan fingerprint density at radius 3 is 2.61 bits per heavy atom. The quantitative estimate of drug-likeness (QED) is 0.511. The average Bonchev–Trinajstić information content (AvgIpc) is 2.96. The van der Waals surface area contributed by atoms with E-state index >= 15 is 0 Å². The Bertz CT molecular complexity index is 755. The normalized spacial score (nSPS) is 12.1. The molecule has 0 radical (unpaired) electrons. The highest BCUT2D eigenvalue weighted by molar-refractivity contribution is 7.11. The molecule has 0 aliphatic carbocycles. The lowest BCUT2D eigenvalue weighted by molar-refractivity contribution is -0.154. The van der Waals surface area contributed by atoms with E-state index in [1.807, 2.05) is 13.8 Å². The van der Waals surface area contributed by atoms with Crippen LogP contribution in [0.1, 0.15) is 28.1 Å². The Kier molecular flexibility index (Phi) is 8.04. The molecule has 0 unspecified atom stereocenters. The summed E-state index contributed by atoms with van der Waals surface area (Å²) in [6.45, 7) is 6.43. The second kappa shape index (κ2) is 10.3. The molecule has 28 heavy (non-hydrogen) atoms. The summed E-state index contributed by atoms with van der Waals surface area (Å²) < 4.78 is 41.0. The van der Waals surface area contributed by atoms with Crippen molar-refractivity contribution in [1.82, 2.24) is 20.6 Å². The number of aryl methyl sites for hydroxylation is 2. The van der Waals surface area contributed by atoms with Gasteiger partial charge in [0.25, 0.3) is 0 Å². The van der Waals surface area contributed by atoms with Crippen LogP contribution in [-0.4, -0.2) is 41.8 Å². The van der Waals surface area contributed by atoms with Gasteiger partial charge in [0.05, 0.1) is 17.2 Å². The number of guanidine groups is 1. The molecule has 0 aromatic carbocycles. The van der Waals surface area contributed by atoms with E-state index in [-0.39, 0.29) is 5.88 Å². The summed E-state index contributed by atoms with van der Waals surface area (Å²) in [4.78, 5) is 14.1. The summed E-state index contributed by atoms with van der Waals surface area (Å²) in [5, 5.41) is 7.49. The van der Waals surface area contributed by atoms with Gasteiger partial charge in [-0.25, -0.2) is 15.0 Å². The largest absolute Gasteiger partial charge is 0.468 e. The summed E-state index contributed by atoms with van der Waals surface area (Å²) in [5.41, 5.74) is 1.83. The first kappa shape index (κ1) is 21.9. The summed E-state index contributed by atoms with van der Waals surface area (Å²) in [7, 11) is 0. The van der Waals surface area contributed by atoms with E-state index < -0.39 is 12.8 Å². The van der Waals surface area contributed by atoms with Gasteiger partial charge in [0.1, 0.15) is 0 Å². The molecule has 0 atom stereocenters. The van der Waals surface area contributed by atoms with Crippen molar-refractivity contribution < 1.29 is 17.9 Å². The Morgan fingerprint density at radius 1 is 1.25 bits per heavy atom. The number of rotatable bonds is 8. The van der Waals surface area contributed by atoms with Crippen LogP contribution in [-0.2, 0) is 13.0 Å². The molecule has 0 aliphatic heterocycles. The molecule has 154 valence electrons. The number of alkyl halides is 3. The Labute approximate surface area is 166 Å². The zero-order valence-electron chi connectivity index (χ0n) is 16.1. The molecule has 2 rings (SSSR count). The summed E-state index contributed by atoms with van der Waals surface area (Å²) in [6, 6.07) is 3.05. The minimum Gasteiger partial charge on any atom is -0.468 e. The zero-order chi connectivity index (χ0) is 20.6. The molecule has 2 aromatic heterocycles. The standard InChI is InChI=1S/C18H24F3N5OS/c1-4-22-17(23-8-7-16-26-12(2)13(3)28-16)25-10-14-5-6-15(24-9-14)27-11-18(19,20)21/h5-6,9H,4,7-8,10-11H2,1-3H3,(H2,22,23,25). The first-order chi connectivity index (χ1) is 13.3. The Balaban J connectivity index is 1.85. The van der Waals surface area contributed by atoms with Crippen LogP contribution in [0.4, 0.5) is 13.2 Å². The molecule has 0 saturated heterocycles. The predicted octanol–water partition coefficient (Wildman–Crippen LogP) is 3.39. The van der Waals surface area contributed by atoms with Gasteiger partial charge in [-0.1, -0.05) is 6.07 Å². The molecule has 0 aliphatic rings. The number of nitrogens with one attached hydrogen (secondary N) is 2. The molecule has 2 heterocycles. The lowest BCUT2D eigenvalue weighted by atomic mass is 10.3. The maximum atomic E-state index is 12.1. The highest BCUT2D eigenvalue weighted by Gasteiger charge is 2.28. The van der Waals surface area contributed by atoms with E-state index in [9.17, 15) is 13.2 Å². The van der Waals surface area contributed by atoms with Crippen LogP contribution in [0.25, 0.3) is 0 Å². The number of thiazole rings is 1. The number of nitrogens with zero attached hydrogens (tertiary/aromatic N) is 3. The Hall–Kier alpha value is -2.36. The number of hydrogen-bond donors (Lipinski definition) is 2. The van der Waals surface area contributed by atoms with Crippen molar-refractivity contribution in [3.05, 3.63) is 39.5 Å². The van der Waals surface area contributed by atoms with Gasteiger partial charge in [0.15, 0.2) is 12.6 Å². The monoisotopic (exact) mass is 415 g/mol. The van der Waals surface area contributed by atoms with E-state index in [1.54, 1.807) is 17.4 Å². The van der Waals surface area contributed by atoms with E-state index in [0.717, 1.165) is 22.7 Å². The highest BCUT2D eigenvalue weighted by atomic mass is 32.1. The topological polar surface area (TPSA) is 71.4 Å². The van der Waals surface area contributed by atoms with Crippen molar-refractivity contribution in [2.75, 3.05) is 19.7 Å². The van der Waals surface area contributed by atoms with Gasteiger partial charge in [0, 0.05) is 36.7 Å². The molecule has 0 saturated carbocycles. The van der Waals surface area contributed by atoms with E-state index in [1.165, 1.54) is 17.1 Å². The minimum absolute atomic E-state index is 0.0656. The van der Waals surface area contributed by atoms with Crippen LogP contribution < -0.4 is 15.4 Å². The molecule has 0 bridgehead atoms. The van der Waals surface area contributed by atoms with Crippen LogP contribution in [0.5, 0.6) is 5.88 Å². The van der Waals surface area contributed by atoms with Crippen LogP contribution in [0, 0.1) is 13.8 Å². The molecule has 0 amide bonds. The van der Waals surface area contributed by atoms with Gasteiger partial charge < -0.3 is 15.4 Å². The summed E-state index contributed by atoms with van der Waals surface area (Å²) in [6.07, 6.45) is -2.12. The van der Waals surface area contributed by atoms with E-state index in [0.29, 0.717) is 25.6 Å². The SMILES string of the molecule is CCNC(=NCc1ccc(OCC(F)(F)F)nc1)NCCc1nc(C)c(C)s1. The number of aromatic nitrogens is 2. The lowest BCUT2D eigenvalue weighted by Crippen LogP contribution is -2.38. The fourth-order valence-corrected chi connectivity index (χ4v) is 3.13. The van der Waals surface area contributed by atoms with Crippen LogP contribution >= 0.6 is 11.3 Å². The maximum absolute atomic E-state index is 12.1. The zero-order valence-corrected chi connectivity index (χ0v) is 16.9. The van der Waals surface area contributed by atoms with Gasteiger partial charge in [0.2, 0.25) is 5.88 Å². The number of ether oxygens (including phenoxy) is 1. The maximum Gasteiger partial charge on any atom is 0.422 e. The van der Waals surface area contributed by atoms with Gasteiger partial charge in [-0.2, -0.15) is 13.2 Å². The van der Waals surface area contributed by atoms with E-state index in [2.05, 4.69) is 37.3 Å². The van der Waals surface area contributed by atoms with Crippen molar-refractivity contribution in [3.8, 4) is 5.88 Å². The van der Waals surface area contributed by atoms with Gasteiger partial charge in [-0.05, 0) is 26.3 Å². The third kappa shape index (κ3) is 7.71. The fourth-order valence-electron chi connectivity index (χ4n) is 2.19. The summed E-state index contributed by atoms with van der Waals surface area (Å²) in [5.74, 6) is 0.592. The molecule has 10 heteroatoms. The molecule has 0 spiro atoms. The molecular weight excluding hydrogens is 391 g/mol. The molecule has 2 aromatic rings. The number of aliphatic imine (C=N–C) groups is 1. The van der Waals surface area contributed by atoms with Crippen LogP contribution in [0.15, 0.2) is 23.3 Å². The summed E-state index contributed by atoms with van der Waals surface area (Å²) >= 11 is 1.69. The predicted molar refractivity (Wildman–Crippen MR) is 104 cm³/mol. The fraction of sp³-hybridized carbons (Fsp3) is 0.500. The first-order valence-corrected chi connectivity index (χ1v) is 9.68. The number of hydrogen-bond acceptors (Lipinski definition) is 5. The van der Waals surface area contributed by atoms with Gasteiger partial charge in [-0.15, -0.1) is 11.3 Å². The van der Waals surface area contributed by atoms with Crippen molar-refractivity contribution in [2.45, 2.75) is 39.9 Å². The second-order valence-electron chi connectivity index (χ2n) is 6.03. The molecule has 0 fully saturated rings. The third-order valence-corrected chi connectivity index (χ3v) is 4.78. The van der Waals surface area contributed by atoms with Crippen molar-refractivity contribution in [2.24, 2.45) is 4.99 Å². The third-order valence-electron chi connectivity index (χ3n) is 3.65. The van der Waals surface area contributed by atoms with Crippen molar-refractivity contribution in [3.63, 3.8) is 0 Å². The number of pyridine rings is 1. The molecular formula is C18H24F3N5OS. The van der Waals surface area contributed by atoms with E-state index in [4.69, 9.17) is 0 Å².